The van der Waals surface area contributed by atoms with Crippen LogP contribution in [0.25, 0.3) is 0 Å². The lowest BCUT2D eigenvalue weighted by molar-refractivity contribution is -0.119. The van der Waals surface area contributed by atoms with Crippen molar-refractivity contribution in [1.82, 2.24) is 10.6 Å². The van der Waals surface area contributed by atoms with E-state index in [0.29, 0.717) is 5.56 Å². The Labute approximate surface area is 109 Å². The van der Waals surface area contributed by atoms with Gasteiger partial charge >= 0.3 is 6.03 Å². The Morgan fingerprint density at radius 2 is 1.95 bits per heavy atom. The maximum atomic E-state index is 11.2. The third-order valence-corrected chi connectivity index (χ3v) is 2.47. The fourth-order valence-corrected chi connectivity index (χ4v) is 1.58. The van der Waals surface area contributed by atoms with Crippen LogP contribution in [-0.4, -0.2) is 23.9 Å². The molecule has 4 N–H and O–H groups in total. The van der Waals surface area contributed by atoms with Gasteiger partial charge in [0.05, 0.1) is 6.42 Å². The Balaban J connectivity index is 2.06. The molecule has 4 amide bonds. The van der Waals surface area contributed by atoms with E-state index in [1.165, 1.54) is 0 Å². The number of rotatable bonds is 2. The van der Waals surface area contributed by atoms with Crippen molar-refractivity contribution < 1.29 is 14.4 Å². The van der Waals surface area contributed by atoms with Gasteiger partial charge in [0.15, 0.2) is 6.04 Å². The molecule has 96 valence electrons. The fourth-order valence-electron chi connectivity index (χ4n) is 1.58. The van der Waals surface area contributed by atoms with Crippen LogP contribution in [0, 0.1) is 11.8 Å². The first-order chi connectivity index (χ1) is 9.04. The molecule has 0 saturated carbocycles. The van der Waals surface area contributed by atoms with E-state index in [4.69, 9.17) is 5.73 Å². The summed E-state index contributed by atoms with van der Waals surface area (Å²) in [5, 5.41) is 4.47. The minimum atomic E-state index is -0.821. The number of primary amides is 1. The van der Waals surface area contributed by atoms with Crippen LogP contribution >= 0.6 is 0 Å². The van der Waals surface area contributed by atoms with E-state index in [-0.39, 0.29) is 6.42 Å². The van der Waals surface area contributed by atoms with E-state index >= 15 is 0 Å². The highest BCUT2D eigenvalue weighted by molar-refractivity contribution is 6.05. The summed E-state index contributed by atoms with van der Waals surface area (Å²) in [5.41, 5.74) is 6.56. The SMILES string of the molecule is NC(=O)Cc1ccc(C#CC2NC(=O)NC2=O)cc1. The van der Waals surface area contributed by atoms with E-state index in [1.807, 2.05) is 0 Å². The molecule has 6 nitrogen and oxygen atoms in total. The molecule has 0 aliphatic carbocycles. The van der Waals surface area contributed by atoms with Gasteiger partial charge in [-0.25, -0.2) is 4.79 Å². The van der Waals surface area contributed by atoms with Crippen LogP contribution < -0.4 is 16.4 Å². The minimum Gasteiger partial charge on any atom is -0.369 e. The van der Waals surface area contributed by atoms with E-state index in [9.17, 15) is 14.4 Å². The van der Waals surface area contributed by atoms with E-state index in [2.05, 4.69) is 22.5 Å². The lowest BCUT2D eigenvalue weighted by atomic mass is 10.1. The van der Waals surface area contributed by atoms with Gasteiger partial charge in [-0.3, -0.25) is 14.9 Å². The zero-order chi connectivity index (χ0) is 13.8. The van der Waals surface area contributed by atoms with E-state index in [0.717, 1.165) is 5.56 Å². The number of nitrogens with one attached hydrogen (secondary N) is 2. The molecule has 1 atom stereocenters. The van der Waals surface area contributed by atoms with E-state index < -0.39 is 23.9 Å². The molecule has 1 aliphatic rings. The number of hydrogen-bond donors (Lipinski definition) is 3. The van der Waals surface area contributed by atoms with Gasteiger partial charge in [-0.1, -0.05) is 24.0 Å². The van der Waals surface area contributed by atoms with Gasteiger partial charge in [-0.15, -0.1) is 0 Å². The average molecular weight is 257 g/mol. The summed E-state index contributed by atoms with van der Waals surface area (Å²) in [4.78, 5) is 32.8. The predicted molar refractivity (Wildman–Crippen MR) is 66.7 cm³/mol. The molecule has 19 heavy (non-hydrogen) atoms. The van der Waals surface area contributed by atoms with Crippen LogP contribution in [0.2, 0.25) is 0 Å². The third-order valence-electron chi connectivity index (χ3n) is 2.47. The number of benzene rings is 1. The summed E-state index contributed by atoms with van der Waals surface area (Å²) in [6, 6.07) is 5.56. The van der Waals surface area contributed by atoms with Crippen molar-refractivity contribution in [2.24, 2.45) is 5.73 Å². The largest absolute Gasteiger partial charge is 0.369 e. The smallest absolute Gasteiger partial charge is 0.322 e. The van der Waals surface area contributed by atoms with Crippen LogP contribution in [-0.2, 0) is 16.0 Å². The van der Waals surface area contributed by atoms with Crippen LogP contribution in [0.4, 0.5) is 4.79 Å². The maximum Gasteiger partial charge on any atom is 0.322 e. The number of urea groups is 1. The molecule has 0 bridgehead atoms. The quantitative estimate of drug-likeness (QED) is 0.481. The first-order valence-electron chi connectivity index (χ1n) is 5.55. The normalized spacial score (nSPS) is 17.2. The molecule has 1 heterocycles. The molecule has 1 saturated heterocycles. The van der Waals surface area contributed by atoms with Crippen molar-refractivity contribution in [3.8, 4) is 11.8 Å². The molecule has 0 radical (unpaired) electrons. The second kappa shape index (κ2) is 5.23. The summed E-state index contributed by atoms with van der Waals surface area (Å²) < 4.78 is 0. The maximum absolute atomic E-state index is 11.2. The Bertz CT molecular complexity index is 596. The second-order valence-corrected chi connectivity index (χ2v) is 4.01. The second-order valence-electron chi connectivity index (χ2n) is 4.01. The molecular formula is C13H11N3O3. The number of hydrogen-bond acceptors (Lipinski definition) is 3. The monoisotopic (exact) mass is 257 g/mol. The van der Waals surface area contributed by atoms with Crippen molar-refractivity contribution in [2.45, 2.75) is 12.5 Å². The number of carbonyl (C=O) groups is 3. The van der Waals surface area contributed by atoms with Crippen LogP contribution in [0.3, 0.4) is 0 Å². The lowest BCUT2D eigenvalue weighted by Gasteiger charge is -1.98. The Hall–Kier alpha value is -2.81. The Morgan fingerprint density at radius 1 is 1.26 bits per heavy atom. The number of carbonyl (C=O) groups excluding carboxylic acids is 3. The Morgan fingerprint density at radius 3 is 2.47 bits per heavy atom. The molecule has 1 aliphatic heterocycles. The van der Waals surface area contributed by atoms with Crippen molar-refractivity contribution in [3.63, 3.8) is 0 Å². The lowest BCUT2D eigenvalue weighted by Crippen LogP contribution is -2.26. The van der Waals surface area contributed by atoms with Gasteiger partial charge < -0.3 is 11.1 Å². The topological polar surface area (TPSA) is 101 Å². The van der Waals surface area contributed by atoms with Gasteiger partial charge in [0, 0.05) is 5.56 Å². The number of nitrogens with two attached hydrogens (primary N) is 1. The summed E-state index contributed by atoms with van der Waals surface area (Å²) >= 11 is 0. The molecule has 1 unspecified atom stereocenters. The van der Waals surface area contributed by atoms with Crippen LogP contribution in [0.15, 0.2) is 24.3 Å². The highest BCUT2D eigenvalue weighted by atomic mass is 16.2. The summed E-state index contributed by atoms with van der Waals surface area (Å²) in [6.45, 7) is 0. The molecular weight excluding hydrogens is 246 g/mol. The van der Waals surface area contributed by atoms with Crippen molar-refractivity contribution in [2.75, 3.05) is 0 Å². The standard InChI is InChI=1S/C13H11N3O3/c14-11(17)7-9-3-1-8(2-4-9)5-6-10-12(18)16-13(19)15-10/h1-4,10H,7H2,(H2,14,17)(H2,15,16,18,19). The molecule has 2 rings (SSSR count). The highest BCUT2D eigenvalue weighted by Crippen LogP contribution is 2.04. The first kappa shape index (κ1) is 12.6. The Kier molecular flexibility index (Phi) is 3.48. The molecule has 0 spiro atoms. The van der Waals surface area contributed by atoms with Crippen molar-refractivity contribution in [3.05, 3.63) is 35.4 Å². The third kappa shape index (κ3) is 3.33. The zero-order valence-electron chi connectivity index (χ0n) is 9.90. The molecule has 6 heteroatoms. The van der Waals surface area contributed by atoms with Crippen molar-refractivity contribution in [1.29, 1.82) is 0 Å². The molecule has 1 aromatic carbocycles. The van der Waals surface area contributed by atoms with Gasteiger partial charge in [0.25, 0.3) is 5.91 Å². The van der Waals surface area contributed by atoms with Gasteiger partial charge in [0.2, 0.25) is 5.91 Å². The van der Waals surface area contributed by atoms with Gasteiger partial charge in [-0.2, -0.15) is 0 Å². The van der Waals surface area contributed by atoms with Crippen LogP contribution in [0.5, 0.6) is 0 Å². The minimum absolute atomic E-state index is 0.175. The van der Waals surface area contributed by atoms with Gasteiger partial charge in [-0.05, 0) is 17.7 Å². The van der Waals surface area contributed by atoms with Crippen molar-refractivity contribution >= 4 is 17.8 Å². The molecule has 0 aromatic heterocycles. The van der Waals surface area contributed by atoms with Gasteiger partial charge in [0.1, 0.15) is 0 Å². The fraction of sp³-hybridized carbons (Fsp3) is 0.154. The van der Waals surface area contributed by atoms with Crippen LogP contribution in [0.1, 0.15) is 11.1 Å². The molecule has 1 fully saturated rings. The number of amides is 4. The zero-order valence-corrected chi connectivity index (χ0v) is 9.90. The predicted octanol–water partition coefficient (Wildman–Crippen LogP) is -0.726. The summed E-state index contributed by atoms with van der Waals surface area (Å²) in [7, 11) is 0. The average Bonchev–Trinajstić information content (AvgIpc) is 2.66. The first-order valence-corrected chi connectivity index (χ1v) is 5.55. The number of imide groups is 1. The summed E-state index contributed by atoms with van der Waals surface area (Å²) in [6.07, 6.45) is 0.175. The highest BCUT2D eigenvalue weighted by Gasteiger charge is 2.27. The molecule has 1 aromatic rings. The van der Waals surface area contributed by atoms with E-state index in [1.54, 1.807) is 24.3 Å². The summed E-state index contributed by atoms with van der Waals surface area (Å²) in [5.74, 6) is 4.57.